The molecule has 1 aliphatic rings. The van der Waals surface area contributed by atoms with Gasteiger partial charge in [-0.25, -0.2) is 4.98 Å². The van der Waals surface area contributed by atoms with Crippen molar-refractivity contribution in [3.8, 4) is 0 Å². The van der Waals surface area contributed by atoms with E-state index in [-0.39, 0.29) is 11.6 Å². The highest BCUT2D eigenvalue weighted by Crippen LogP contribution is 2.44. The van der Waals surface area contributed by atoms with E-state index in [1.807, 2.05) is 6.07 Å². The van der Waals surface area contributed by atoms with Crippen molar-refractivity contribution in [3.05, 3.63) is 23.4 Å². The fraction of sp³-hybridized carbons (Fsp3) is 0.688. The Balaban J connectivity index is 2.44. The Hall–Kier alpha value is -1.13. The van der Waals surface area contributed by atoms with E-state index < -0.39 is 0 Å². The van der Waals surface area contributed by atoms with Gasteiger partial charge in [0.1, 0.15) is 5.82 Å². The molecule has 0 aromatic carbocycles. The van der Waals surface area contributed by atoms with Gasteiger partial charge in [0.05, 0.1) is 11.6 Å². The van der Waals surface area contributed by atoms with Gasteiger partial charge >= 0.3 is 0 Å². The molecule has 2 rings (SSSR count). The molecule has 20 heavy (non-hydrogen) atoms. The third kappa shape index (κ3) is 2.81. The molecule has 4 heteroatoms. The minimum absolute atomic E-state index is 0.128. The smallest absolute Gasteiger partial charge is 0.128 e. The molecule has 4 nitrogen and oxygen atoms in total. The number of nitrogen functional groups attached to an aromatic ring is 1. The summed E-state index contributed by atoms with van der Waals surface area (Å²) in [4.78, 5) is 4.29. The van der Waals surface area contributed by atoms with Crippen molar-refractivity contribution >= 4 is 5.82 Å². The summed E-state index contributed by atoms with van der Waals surface area (Å²) < 4.78 is 6.22. The van der Waals surface area contributed by atoms with Crippen LogP contribution in [0.15, 0.2) is 12.3 Å². The second kappa shape index (κ2) is 6.55. The Kier molecular flexibility index (Phi) is 5.00. The van der Waals surface area contributed by atoms with Gasteiger partial charge in [-0.15, -0.1) is 0 Å². The molecule has 0 bridgehead atoms. The van der Waals surface area contributed by atoms with Crippen LogP contribution in [0.4, 0.5) is 5.82 Å². The van der Waals surface area contributed by atoms with Crippen molar-refractivity contribution in [2.24, 2.45) is 0 Å². The Morgan fingerprint density at radius 3 is 2.65 bits per heavy atom. The fourth-order valence-electron chi connectivity index (χ4n) is 3.50. The standard InChI is InChI=1S/C16H27N3O/c1-4-18-14(13-12(3)8-11-19-15(13)17)16(20-5-2)9-6-7-10-16/h8,11,14,18H,4-7,9-10H2,1-3H3,(H2,17,19). The molecule has 0 radical (unpaired) electrons. The van der Waals surface area contributed by atoms with E-state index in [2.05, 4.69) is 31.1 Å². The summed E-state index contributed by atoms with van der Waals surface area (Å²) in [6.07, 6.45) is 6.40. The third-order valence-corrected chi connectivity index (χ3v) is 4.34. The van der Waals surface area contributed by atoms with Crippen molar-refractivity contribution in [1.82, 2.24) is 10.3 Å². The van der Waals surface area contributed by atoms with Crippen LogP contribution in [0.25, 0.3) is 0 Å². The first-order valence-electron chi connectivity index (χ1n) is 7.73. The lowest BCUT2D eigenvalue weighted by molar-refractivity contribution is -0.0623. The van der Waals surface area contributed by atoms with Crippen LogP contribution >= 0.6 is 0 Å². The number of aromatic nitrogens is 1. The molecule has 1 aliphatic carbocycles. The summed E-state index contributed by atoms with van der Waals surface area (Å²) in [7, 11) is 0. The summed E-state index contributed by atoms with van der Waals surface area (Å²) >= 11 is 0. The van der Waals surface area contributed by atoms with Gasteiger partial charge in [-0.05, 0) is 44.9 Å². The van der Waals surface area contributed by atoms with Crippen LogP contribution in [-0.2, 0) is 4.74 Å². The van der Waals surface area contributed by atoms with E-state index in [9.17, 15) is 0 Å². The molecule has 1 fully saturated rings. The van der Waals surface area contributed by atoms with Crippen LogP contribution in [0.1, 0.15) is 56.7 Å². The lowest BCUT2D eigenvalue weighted by atomic mass is 9.85. The van der Waals surface area contributed by atoms with Crippen molar-refractivity contribution in [3.63, 3.8) is 0 Å². The summed E-state index contributed by atoms with van der Waals surface area (Å²) in [6, 6.07) is 2.16. The van der Waals surface area contributed by atoms with E-state index in [0.717, 1.165) is 31.6 Å². The average molecular weight is 277 g/mol. The maximum Gasteiger partial charge on any atom is 0.128 e. The predicted octanol–water partition coefficient (Wildman–Crippen LogP) is 2.97. The highest BCUT2D eigenvalue weighted by atomic mass is 16.5. The van der Waals surface area contributed by atoms with E-state index in [1.165, 1.54) is 18.4 Å². The summed E-state index contributed by atoms with van der Waals surface area (Å²) in [5.41, 5.74) is 8.34. The Bertz CT molecular complexity index is 421. The number of nitrogens with two attached hydrogens (primary N) is 1. The second-order valence-corrected chi connectivity index (χ2v) is 5.62. The van der Waals surface area contributed by atoms with E-state index in [0.29, 0.717) is 5.82 Å². The van der Waals surface area contributed by atoms with Crippen molar-refractivity contribution in [2.45, 2.75) is 58.1 Å². The van der Waals surface area contributed by atoms with Crippen LogP contribution in [0.5, 0.6) is 0 Å². The number of aryl methyl sites for hydroxylation is 1. The molecule has 1 saturated carbocycles. The topological polar surface area (TPSA) is 60.2 Å². The van der Waals surface area contributed by atoms with Crippen LogP contribution in [0.2, 0.25) is 0 Å². The van der Waals surface area contributed by atoms with E-state index in [4.69, 9.17) is 10.5 Å². The Morgan fingerprint density at radius 2 is 2.10 bits per heavy atom. The number of ether oxygens (including phenoxy) is 1. The van der Waals surface area contributed by atoms with Gasteiger partial charge in [-0.2, -0.15) is 0 Å². The molecule has 1 heterocycles. The van der Waals surface area contributed by atoms with Gasteiger partial charge in [-0.3, -0.25) is 0 Å². The number of hydrogen-bond acceptors (Lipinski definition) is 4. The molecule has 1 aromatic heterocycles. The summed E-state index contributed by atoms with van der Waals surface area (Å²) in [6.45, 7) is 7.94. The fourth-order valence-corrected chi connectivity index (χ4v) is 3.50. The Labute approximate surface area is 122 Å². The van der Waals surface area contributed by atoms with Gasteiger partial charge < -0.3 is 15.8 Å². The summed E-state index contributed by atoms with van der Waals surface area (Å²) in [5, 5.41) is 3.60. The highest BCUT2D eigenvalue weighted by Gasteiger charge is 2.44. The molecular formula is C16H27N3O. The van der Waals surface area contributed by atoms with Gasteiger partial charge in [0.15, 0.2) is 0 Å². The molecule has 0 aliphatic heterocycles. The molecule has 0 amide bonds. The monoisotopic (exact) mass is 277 g/mol. The first-order valence-corrected chi connectivity index (χ1v) is 7.73. The van der Waals surface area contributed by atoms with Crippen molar-refractivity contribution in [2.75, 3.05) is 18.9 Å². The van der Waals surface area contributed by atoms with Crippen LogP contribution < -0.4 is 11.1 Å². The molecule has 1 atom stereocenters. The van der Waals surface area contributed by atoms with Crippen LogP contribution in [-0.4, -0.2) is 23.7 Å². The summed E-state index contributed by atoms with van der Waals surface area (Å²) in [5.74, 6) is 0.627. The number of likely N-dealkylation sites (N-methyl/N-ethyl adjacent to an activating group) is 1. The van der Waals surface area contributed by atoms with E-state index in [1.54, 1.807) is 6.20 Å². The average Bonchev–Trinajstić information content (AvgIpc) is 2.87. The second-order valence-electron chi connectivity index (χ2n) is 5.62. The number of hydrogen-bond donors (Lipinski definition) is 2. The zero-order valence-corrected chi connectivity index (χ0v) is 12.9. The maximum atomic E-state index is 6.22. The first kappa shape index (κ1) is 15.3. The van der Waals surface area contributed by atoms with Crippen LogP contribution in [0, 0.1) is 6.92 Å². The molecule has 0 spiro atoms. The van der Waals surface area contributed by atoms with Crippen molar-refractivity contribution in [1.29, 1.82) is 0 Å². The quantitative estimate of drug-likeness (QED) is 0.839. The number of anilines is 1. The minimum Gasteiger partial charge on any atom is -0.383 e. The SMILES string of the molecule is CCNC(c1c(C)ccnc1N)C1(OCC)CCCC1. The van der Waals surface area contributed by atoms with Gasteiger partial charge in [0, 0.05) is 18.4 Å². The third-order valence-electron chi connectivity index (χ3n) is 4.34. The molecular weight excluding hydrogens is 250 g/mol. The lowest BCUT2D eigenvalue weighted by Crippen LogP contribution is -2.45. The van der Waals surface area contributed by atoms with E-state index >= 15 is 0 Å². The number of pyridine rings is 1. The predicted molar refractivity (Wildman–Crippen MR) is 82.6 cm³/mol. The van der Waals surface area contributed by atoms with Crippen LogP contribution in [0.3, 0.4) is 0 Å². The minimum atomic E-state index is -0.132. The van der Waals surface area contributed by atoms with Gasteiger partial charge in [0.2, 0.25) is 0 Å². The normalized spacial score (nSPS) is 19.1. The Morgan fingerprint density at radius 1 is 1.40 bits per heavy atom. The van der Waals surface area contributed by atoms with Gasteiger partial charge in [-0.1, -0.05) is 19.8 Å². The first-order chi connectivity index (χ1) is 9.64. The number of nitrogens with one attached hydrogen (secondary N) is 1. The van der Waals surface area contributed by atoms with Gasteiger partial charge in [0.25, 0.3) is 0 Å². The zero-order chi connectivity index (χ0) is 14.6. The number of rotatable bonds is 6. The van der Waals surface area contributed by atoms with Crippen molar-refractivity contribution < 1.29 is 4.74 Å². The maximum absolute atomic E-state index is 6.22. The number of nitrogens with zero attached hydrogens (tertiary/aromatic N) is 1. The highest BCUT2D eigenvalue weighted by molar-refractivity contribution is 5.47. The zero-order valence-electron chi connectivity index (χ0n) is 12.9. The lowest BCUT2D eigenvalue weighted by Gasteiger charge is -2.39. The molecule has 3 N–H and O–H groups in total. The molecule has 1 unspecified atom stereocenters. The molecule has 112 valence electrons. The molecule has 0 saturated heterocycles. The molecule has 1 aromatic rings. The largest absolute Gasteiger partial charge is 0.383 e.